The maximum absolute atomic E-state index is 11.8. The minimum atomic E-state index is -3.29. The Kier molecular flexibility index (Phi) is 14.0. The molecule has 132 valence electrons. The van der Waals surface area contributed by atoms with E-state index in [1.165, 1.54) is 74.0 Å². The van der Waals surface area contributed by atoms with Crippen molar-refractivity contribution in [2.45, 2.75) is 84.0 Å². The van der Waals surface area contributed by atoms with Crippen LogP contribution in [0, 0.1) is 0 Å². The smallest absolute Gasteiger partial charge is 0.286 e. The summed E-state index contributed by atoms with van der Waals surface area (Å²) < 4.78 is 26.9. The fourth-order valence-corrected chi connectivity index (χ4v) is 7.53. The predicted molar refractivity (Wildman–Crippen MR) is 99.6 cm³/mol. The molecular formula is C14H29O4PS3. The number of hydrogen-bond acceptors (Lipinski definition) is 7. The van der Waals surface area contributed by atoms with Crippen LogP contribution in [0.2, 0.25) is 0 Å². The molecule has 0 aliphatic carbocycles. The normalized spacial score (nSPS) is 17.7. The zero-order chi connectivity index (χ0) is 15.9. The lowest BCUT2D eigenvalue weighted by Crippen LogP contribution is -1.96. The Morgan fingerprint density at radius 2 is 1.23 bits per heavy atom. The van der Waals surface area contributed by atoms with Crippen LogP contribution in [0.15, 0.2) is 0 Å². The van der Waals surface area contributed by atoms with Gasteiger partial charge in [0.05, 0.1) is 28.8 Å². The summed E-state index contributed by atoms with van der Waals surface area (Å²) in [6, 6.07) is 0. The molecule has 0 amide bonds. The third-order valence-electron chi connectivity index (χ3n) is 3.55. The molecule has 0 atom stereocenters. The molecule has 8 heteroatoms. The highest BCUT2D eigenvalue weighted by molar-refractivity contribution is 9.08. The standard InChI is InChI=1S/C14H29O4PS3/c1-2-3-4-5-6-7-8-9-10-11-12-13-14-16-19(15)17-20-22-21-18-19/h2-14H2,1H3. The maximum Gasteiger partial charge on any atom is 0.498 e. The van der Waals surface area contributed by atoms with Crippen LogP contribution >= 0.6 is 39.8 Å². The lowest BCUT2D eigenvalue weighted by atomic mass is 10.1. The van der Waals surface area contributed by atoms with E-state index in [4.69, 9.17) is 12.5 Å². The van der Waals surface area contributed by atoms with Crippen LogP contribution in [0.25, 0.3) is 0 Å². The summed E-state index contributed by atoms with van der Waals surface area (Å²) in [6.45, 7) is 2.70. The molecular weight excluding hydrogens is 359 g/mol. The molecule has 1 fully saturated rings. The lowest BCUT2D eigenvalue weighted by Gasteiger charge is -2.18. The van der Waals surface area contributed by atoms with Crippen molar-refractivity contribution in [2.75, 3.05) is 6.61 Å². The first-order chi connectivity index (χ1) is 10.8. The first-order valence-electron chi connectivity index (χ1n) is 8.39. The van der Waals surface area contributed by atoms with Gasteiger partial charge in [-0.1, -0.05) is 77.6 Å². The van der Waals surface area contributed by atoms with Crippen molar-refractivity contribution in [3.8, 4) is 0 Å². The third-order valence-corrected chi connectivity index (χ3v) is 8.53. The molecule has 1 saturated heterocycles. The van der Waals surface area contributed by atoms with Crippen LogP contribution < -0.4 is 0 Å². The van der Waals surface area contributed by atoms with Gasteiger partial charge in [0, 0.05) is 9.83 Å². The first-order valence-corrected chi connectivity index (χ1v) is 13.2. The Morgan fingerprint density at radius 3 is 1.73 bits per heavy atom. The van der Waals surface area contributed by atoms with Crippen LogP contribution in [0.1, 0.15) is 84.0 Å². The quantitative estimate of drug-likeness (QED) is 0.131. The van der Waals surface area contributed by atoms with E-state index in [0.717, 1.165) is 35.0 Å². The fraction of sp³-hybridized carbons (Fsp3) is 1.00. The molecule has 1 heterocycles. The predicted octanol–water partition coefficient (Wildman–Crippen LogP) is 7.72. The summed E-state index contributed by atoms with van der Waals surface area (Å²) in [6.07, 6.45) is 15.6. The van der Waals surface area contributed by atoms with E-state index in [-0.39, 0.29) is 0 Å². The average Bonchev–Trinajstić information content (AvgIpc) is 2.52. The second kappa shape index (κ2) is 14.5. The van der Waals surface area contributed by atoms with E-state index >= 15 is 0 Å². The lowest BCUT2D eigenvalue weighted by molar-refractivity contribution is 0.222. The summed E-state index contributed by atoms with van der Waals surface area (Å²) in [5.74, 6) is 0. The van der Waals surface area contributed by atoms with Gasteiger partial charge in [0.2, 0.25) is 0 Å². The van der Waals surface area contributed by atoms with Crippen molar-refractivity contribution in [1.29, 1.82) is 0 Å². The van der Waals surface area contributed by atoms with E-state index < -0.39 is 7.82 Å². The summed E-state index contributed by atoms with van der Waals surface area (Å²) in [7, 11) is -1.99. The van der Waals surface area contributed by atoms with E-state index in [9.17, 15) is 4.57 Å². The van der Waals surface area contributed by atoms with Gasteiger partial charge in [-0.3, -0.25) is 4.52 Å². The molecule has 1 aliphatic heterocycles. The van der Waals surface area contributed by atoms with Crippen molar-refractivity contribution in [2.24, 2.45) is 0 Å². The van der Waals surface area contributed by atoms with E-state index in [2.05, 4.69) is 6.92 Å². The summed E-state index contributed by atoms with van der Waals surface area (Å²) in [4.78, 5) is 0. The van der Waals surface area contributed by atoms with Crippen molar-refractivity contribution in [3.63, 3.8) is 0 Å². The molecule has 1 aliphatic rings. The van der Waals surface area contributed by atoms with Gasteiger partial charge in [-0.25, -0.2) is 12.5 Å². The Labute approximate surface area is 147 Å². The summed E-state index contributed by atoms with van der Waals surface area (Å²) in [5, 5.41) is 0. The molecule has 0 unspecified atom stereocenters. The minimum absolute atomic E-state index is 0.445. The summed E-state index contributed by atoms with van der Waals surface area (Å²) in [5.41, 5.74) is 0. The molecule has 4 nitrogen and oxygen atoms in total. The van der Waals surface area contributed by atoms with Crippen molar-refractivity contribution in [3.05, 3.63) is 0 Å². The third kappa shape index (κ3) is 11.7. The molecule has 22 heavy (non-hydrogen) atoms. The fourth-order valence-electron chi connectivity index (χ4n) is 2.29. The monoisotopic (exact) mass is 388 g/mol. The van der Waals surface area contributed by atoms with Crippen LogP contribution in [0.5, 0.6) is 0 Å². The first kappa shape index (κ1) is 21.2. The largest absolute Gasteiger partial charge is 0.498 e. The SMILES string of the molecule is CCCCCCCCCCCCCCOP1(=O)OSSSO1. The number of phosphoric acid groups is 1. The Morgan fingerprint density at radius 1 is 0.773 bits per heavy atom. The van der Waals surface area contributed by atoms with Gasteiger partial charge >= 0.3 is 7.82 Å². The van der Waals surface area contributed by atoms with Gasteiger partial charge in [-0.2, -0.15) is 0 Å². The molecule has 0 aromatic heterocycles. The maximum atomic E-state index is 11.8. The van der Waals surface area contributed by atoms with Gasteiger partial charge in [0.1, 0.15) is 0 Å². The second-order valence-corrected chi connectivity index (χ2v) is 10.7. The molecule has 0 spiro atoms. The molecule has 0 bridgehead atoms. The molecule has 0 saturated carbocycles. The Balaban J connectivity index is 1.77. The van der Waals surface area contributed by atoms with Gasteiger partial charge in [0.25, 0.3) is 0 Å². The Hall–Kier alpha value is 1.16. The van der Waals surface area contributed by atoms with Crippen LogP contribution in [-0.4, -0.2) is 6.61 Å². The van der Waals surface area contributed by atoms with Crippen molar-refractivity contribution >= 4 is 39.8 Å². The van der Waals surface area contributed by atoms with Crippen molar-refractivity contribution < 1.29 is 17.0 Å². The highest BCUT2D eigenvalue weighted by Gasteiger charge is 2.32. The molecule has 0 radical (unpaired) electrons. The van der Waals surface area contributed by atoms with E-state index in [0.29, 0.717) is 6.61 Å². The Bertz CT molecular complexity index is 298. The highest BCUT2D eigenvalue weighted by Crippen LogP contribution is 2.65. The average molecular weight is 389 g/mol. The van der Waals surface area contributed by atoms with Gasteiger partial charge < -0.3 is 0 Å². The van der Waals surface area contributed by atoms with Crippen LogP contribution in [0.4, 0.5) is 0 Å². The second-order valence-electron chi connectivity index (χ2n) is 5.52. The van der Waals surface area contributed by atoms with Gasteiger partial charge in [-0.15, -0.1) is 0 Å². The number of hydrogen-bond donors (Lipinski definition) is 0. The van der Waals surface area contributed by atoms with Gasteiger partial charge in [-0.05, 0) is 6.42 Å². The molecule has 0 aromatic rings. The molecule has 0 N–H and O–H groups in total. The molecule has 0 aromatic carbocycles. The molecule has 1 rings (SSSR count). The zero-order valence-electron chi connectivity index (χ0n) is 13.5. The minimum Gasteiger partial charge on any atom is -0.286 e. The van der Waals surface area contributed by atoms with E-state index in [1.54, 1.807) is 0 Å². The zero-order valence-corrected chi connectivity index (χ0v) is 16.8. The number of unbranched alkanes of at least 4 members (excludes halogenated alkanes) is 11. The van der Waals surface area contributed by atoms with Crippen molar-refractivity contribution in [1.82, 2.24) is 0 Å². The summed E-state index contributed by atoms with van der Waals surface area (Å²) >= 11 is 2.11. The van der Waals surface area contributed by atoms with Crippen LogP contribution in [-0.2, 0) is 17.0 Å². The van der Waals surface area contributed by atoms with E-state index in [1.807, 2.05) is 0 Å². The van der Waals surface area contributed by atoms with Crippen LogP contribution in [0.3, 0.4) is 0 Å². The highest BCUT2D eigenvalue weighted by atomic mass is 33.5. The number of rotatable bonds is 14. The topological polar surface area (TPSA) is 44.8 Å². The van der Waals surface area contributed by atoms with Gasteiger partial charge in [0.15, 0.2) is 0 Å².